The Hall–Kier alpha value is -1.12. The first kappa shape index (κ1) is 14.3. The molecule has 1 saturated heterocycles. The van der Waals surface area contributed by atoms with Crippen LogP contribution in [0.5, 0.6) is 0 Å². The van der Waals surface area contributed by atoms with Crippen molar-refractivity contribution in [1.82, 2.24) is 19.2 Å². The molecule has 0 saturated carbocycles. The molecule has 8 heteroatoms. The molecular formula is C11H20N4O3S. The number of imidazole rings is 1. The highest BCUT2D eigenvalue weighted by Crippen LogP contribution is 2.10. The van der Waals surface area contributed by atoms with Gasteiger partial charge in [0.15, 0.2) is 0 Å². The number of nitrogens with zero attached hydrogens (tertiary/aromatic N) is 2. The normalized spacial score (nSPS) is 18.8. The molecule has 1 fully saturated rings. The number of rotatable bonds is 5. The molecule has 1 aliphatic rings. The van der Waals surface area contributed by atoms with Crippen LogP contribution in [-0.4, -0.2) is 54.8 Å². The highest BCUT2D eigenvalue weighted by molar-refractivity contribution is 7.88. The molecule has 1 aliphatic heterocycles. The van der Waals surface area contributed by atoms with Crippen molar-refractivity contribution >= 4 is 10.0 Å². The van der Waals surface area contributed by atoms with Crippen LogP contribution in [0.2, 0.25) is 0 Å². The van der Waals surface area contributed by atoms with Crippen molar-refractivity contribution in [3.63, 3.8) is 0 Å². The fraction of sp³-hybridized carbons (Fsp3) is 0.727. The van der Waals surface area contributed by atoms with Crippen molar-refractivity contribution < 1.29 is 8.42 Å². The highest BCUT2D eigenvalue weighted by atomic mass is 32.2. The van der Waals surface area contributed by atoms with Crippen molar-refractivity contribution in [2.45, 2.75) is 25.4 Å². The summed E-state index contributed by atoms with van der Waals surface area (Å²) in [5.74, 6) is 0. The number of sulfonamides is 1. The predicted molar refractivity (Wildman–Crippen MR) is 72.5 cm³/mol. The first-order valence-electron chi connectivity index (χ1n) is 6.37. The molecule has 0 aromatic carbocycles. The molecule has 1 aromatic rings. The van der Waals surface area contributed by atoms with Gasteiger partial charge in [-0.25, -0.2) is 17.9 Å². The van der Waals surface area contributed by atoms with E-state index in [0.29, 0.717) is 6.54 Å². The first-order chi connectivity index (χ1) is 8.94. The summed E-state index contributed by atoms with van der Waals surface area (Å²) in [5, 5.41) is 0. The van der Waals surface area contributed by atoms with Gasteiger partial charge in [0.25, 0.3) is 0 Å². The highest BCUT2D eigenvalue weighted by Gasteiger charge is 2.21. The average Bonchev–Trinajstić information content (AvgIpc) is 2.72. The second-order valence-electron chi connectivity index (χ2n) is 4.96. The maximum Gasteiger partial charge on any atom is 0.325 e. The van der Waals surface area contributed by atoms with E-state index in [-0.39, 0.29) is 11.7 Å². The molecule has 0 radical (unpaired) electrons. The number of piperidine rings is 1. The minimum absolute atomic E-state index is 0.0428. The molecule has 2 N–H and O–H groups in total. The summed E-state index contributed by atoms with van der Waals surface area (Å²) in [6.07, 6.45) is 6.19. The maximum atomic E-state index is 11.3. The van der Waals surface area contributed by atoms with Gasteiger partial charge < -0.3 is 9.88 Å². The lowest BCUT2D eigenvalue weighted by Crippen LogP contribution is -2.45. The Morgan fingerprint density at radius 3 is 2.58 bits per heavy atom. The number of likely N-dealkylation sites (tertiary alicyclic amines) is 1. The van der Waals surface area contributed by atoms with E-state index >= 15 is 0 Å². The van der Waals surface area contributed by atoms with Crippen LogP contribution < -0.4 is 10.4 Å². The van der Waals surface area contributed by atoms with Gasteiger partial charge in [0.1, 0.15) is 0 Å². The topological polar surface area (TPSA) is 87.2 Å². The van der Waals surface area contributed by atoms with Crippen molar-refractivity contribution in [2.24, 2.45) is 0 Å². The van der Waals surface area contributed by atoms with Gasteiger partial charge in [-0.15, -0.1) is 0 Å². The van der Waals surface area contributed by atoms with Crippen LogP contribution in [0.4, 0.5) is 0 Å². The van der Waals surface area contributed by atoms with E-state index in [1.807, 2.05) is 0 Å². The standard InChI is InChI=1S/C11H20N4O3S/c1-19(17,18)13-10-2-5-14(6-3-10)8-9-15-7-4-12-11(15)16/h4,7,10,13H,2-3,5-6,8-9H2,1H3,(H,12,16). The van der Waals surface area contributed by atoms with E-state index < -0.39 is 10.0 Å². The van der Waals surface area contributed by atoms with Crippen molar-refractivity contribution in [3.05, 3.63) is 22.9 Å². The molecular weight excluding hydrogens is 268 g/mol. The van der Waals surface area contributed by atoms with Crippen molar-refractivity contribution in [1.29, 1.82) is 0 Å². The molecule has 1 aromatic heterocycles. The number of hydrogen-bond acceptors (Lipinski definition) is 4. The van der Waals surface area contributed by atoms with E-state index in [1.165, 1.54) is 6.26 Å². The van der Waals surface area contributed by atoms with Gasteiger partial charge in [0, 0.05) is 31.5 Å². The van der Waals surface area contributed by atoms with Gasteiger partial charge in [-0.3, -0.25) is 4.57 Å². The Kier molecular flexibility index (Phi) is 4.43. The Morgan fingerprint density at radius 2 is 2.05 bits per heavy atom. The summed E-state index contributed by atoms with van der Waals surface area (Å²) in [6, 6.07) is 0.0428. The van der Waals surface area contributed by atoms with Gasteiger partial charge >= 0.3 is 5.69 Å². The predicted octanol–water partition coefficient (Wildman–Crippen LogP) is -0.810. The lowest BCUT2D eigenvalue weighted by atomic mass is 10.1. The number of H-pyrrole nitrogens is 1. The van der Waals surface area contributed by atoms with Gasteiger partial charge in [-0.1, -0.05) is 0 Å². The Balaban J connectivity index is 1.75. The Labute approximate surface area is 112 Å². The molecule has 0 bridgehead atoms. The smallest absolute Gasteiger partial charge is 0.313 e. The zero-order valence-corrected chi connectivity index (χ0v) is 11.8. The molecule has 19 heavy (non-hydrogen) atoms. The molecule has 2 rings (SSSR count). The van der Waals surface area contributed by atoms with Crippen LogP contribution in [0.3, 0.4) is 0 Å². The van der Waals surface area contributed by atoms with Crippen LogP contribution in [0.25, 0.3) is 0 Å². The summed E-state index contributed by atoms with van der Waals surface area (Å²) in [5.41, 5.74) is -0.0892. The third-order valence-corrected chi connectivity index (χ3v) is 4.11. The fourth-order valence-electron chi connectivity index (χ4n) is 2.35. The maximum absolute atomic E-state index is 11.3. The molecule has 0 unspecified atom stereocenters. The number of aromatic amines is 1. The van der Waals surface area contributed by atoms with Crippen LogP contribution in [-0.2, 0) is 16.6 Å². The molecule has 0 atom stereocenters. The van der Waals surface area contributed by atoms with Crippen LogP contribution in [0.15, 0.2) is 17.2 Å². The molecule has 7 nitrogen and oxygen atoms in total. The third kappa shape index (κ3) is 4.48. The summed E-state index contributed by atoms with van der Waals surface area (Å²) >= 11 is 0. The largest absolute Gasteiger partial charge is 0.325 e. The Morgan fingerprint density at radius 1 is 1.37 bits per heavy atom. The molecule has 0 spiro atoms. The van der Waals surface area contributed by atoms with Crippen LogP contribution >= 0.6 is 0 Å². The third-order valence-electron chi connectivity index (χ3n) is 3.35. The molecule has 2 heterocycles. The van der Waals surface area contributed by atoms with Crippen LogP contribution in [0.1, 0.15) is 12.8 Å². The quantitative estimate of drug-likeness (QED) is 0.742. The van der Waals surface area contributed by atoms with Gasteiger partial charge in [0.05, 0.1) is 6.26 Å². The molecule has 0 aliphatic carbocycles. The number of hydrogen-bond donors (Lipinski definition) is 2. The Bertz CT molecular complexity index is 554. The number of nitrogens with one attached hydrogen (secondary N) is 2. The van der Waals surface area contributed by atoms with E-state index in [1.54, 1.807) is 17.0 Å². The van der Waals surface area contributed by atoms with Crippen molar-refractivity contribution in [3.8, 4) is 0 Å². The van der Waals surface area contributed by atoms with Crippen LogP contribution in [0, 0.1) is 0 Å². The summed E-state index contributed by atoms with van der Waals surface area (Å²) in [4.78, 5) is 16.2. The van der Waals surface area contributed by atoms with Gasteiger partial charge in [-0.2, -0.15) is 0 Å². The van der Waals surface area contributed by atoms with E-state index in [9.17, 15) is 13.2 Å². The average molecular weight is 288 g/mol. The SMILES string of the molecule is CS(=O)(=O)NC1CCN(CCn2cc[nH]c2=O)CC1. The summed E-state index contributed by atoms with van der Waals surface area (Å²) in [7, 11) is -3.11. The minimum atomic E-state index is -3.11. The summed E-state index contributed by atoms with van der Waals surface area (Å²) < 4.78 is 26.5. The summed E-state index contributed by atoms with van der Waals surface area (Å²) in [6.45, 7) is 3.18. The van der Waals surface area contributed by atoms with Gasteiger partial charge in [-0.05, 0) is 25.9 Å². The fourth-order valence-corrected chi connectivity index (χ4v) is 3.19. The molecule has 108 valence electrons. The lowest BCUT2D eigenvalue weighted by Gasteiger charge is -2.31. The monoisotopic (exact) mass is 288 g/mol. The minimum Gasteiger partial charge on any atom is -0.313 e. The van der Waals surface area contributed by atoms with E-state index in [0.717, 1.165) is 32.5 Å². The second-order valence-corrected chi connectivity index (χ2v) is 6.74. The van der Waals surface area contributed by atoms with Crippen molar-refractivity contribution in [2.75, 3.05) is 25.9 Å². The zero-order chi connectivity index (χ0) is 13.9. The second kappa shape index (κ2) is 5.89. The van der Waals surface area contributed by atoms with Gasteiger partial charge in [0.2, 0.25) is 10.0 Å². The molecule has 0 amide bonds. The first-order valence-corrected chi connectivity index (χ1v) is 8.27. The number of aromatic nitrogens is 2. The van der Waals surface area contributed by atoms with E-state index in [2.05, 4.69) is 14.6 Å². The van der Waals surface area contributed by atoms with E-state index in [4.69, 9.17) is 0 Å². The lowest BCUT2D eigenvalue weighted by molar-refractivity contribution is 0.200. The zero-order valence-electron chi connectivity index (χ0n) is 11.0.